The van der Waals surface area contributed by atoms with Gasteiger partial charge in [-0.05, 0) is 64.9 Å². The Morgan fingerprint density at radius 2 is 1.19 bits per heavy atom. The van der Waals surface area contributed by atoms with Crippen LogP contribution < -0.4 is 15.9 Å². The molecule has 0 saturated heterocycles. The van der Waals surface area contributed by atoms with Crippen LogP contribution in [0.15, 0.2) is 121 Å². The van der Waals surface area contributed by atoms with Crippen LogP contribution in [0.4, 0.5) is 0 Å². The Balaban J connectivity index is 1.76. The lowest BCUT2D eigenvalue weighted by molar-refractivity contribution is 1.50. The Labute approximate surface area is 189 Å². The van der Waals surface area contributed by atoms with Crippen molar-refractivity contribution in [2.75, 3.05) is 6.66 Å². The Kier molecular flexibility index (Phi) is 5.32. The highest BCUT2D eigenvalue weighted by Gasteiger charge is 2.41. The van der Waals surface area contributed by atoms with Crippen molar-refractivity contribution in [2.45, 2.75) is 0 Å². The van der Waals surface area contributed by atoms with E-state index in [9.17, 15) is 5.26 Å². The zero-order chi connectivity index (χ0) is 22.0. The average Bonchev–Trinajstić information content (AvgIpc) is 2.88. The van der Waals surface area contributed by atoms with Crippen LogP contribution in [0.1, 0.15) is 5.56 Å². The van der Waals surface area contributed by atoms with E-state index in [1.54, 1.807) is 0 Å². The molecule has 0 spiro atoms. The summed E-state index contributed by atoms with van der Waals surface area (Å²) in [6.07, 6.45) is 0. The summed E-state index contributed by atoms with van der Waals surface area (Å²) >= 11 is 0. The van der Waals surface area contributed by atoms with Crippen molar-refractivity contribution < 1.29 is 0 Å². The van der Waals surface area contributed by atoms with E-state index in [2.05, 4.69) is 116 Å². The lowest BCUT2D eigenvalue weighted by atomic mass is 10.00. The lowest BCUT2D eigenvalue weighted by Gasteiger charge is -2.25. The van der Waals surface area contributed by atoms with Crippen molar-refractivity contribution in [1.29, 1.82) is 5.26 Å². The maximum absolute atomic E-state index is 9.34. The van der Waals surface area contributed by atoms with Crippen molar-refractivity contribution in [3.05, 3.63) is 127 Å². The summed E-state index contributed by atoms with van der Waals surface area (Å²) in [6.45, 7) is 2.42. The van der Waals surface area contributed by atoms with Gasteiger partial charge >= 0.3 is 0 Å². The van der Waals surface area contributed by atoms with Gasteiger partial charge in [0.2, 0.25) is 0 Å². The highest BCUT2D eigenvalue weighted by atomic mass is 31.2. The van der Waals surface area contributed by atoms with Crippen LogP contribution in [0, 0.1) is 11.3 Å². The minimum Gasteiger partial charge on any atom is -0.192 e. The molecule has 5 aromatic carbocycles. The van der Waals surface area contributed by atoms with Crippen LogP contribution >= 0.6 is 7.26 Å². The molecule has 0 amide bonds. The normalized spacial score (nSPS) is 11.2. The first-order chi connectivity index (χ1) is 15.7. The molecule has 0 aliphatic heterocycles. The first kappa shape index (κ1) is 20.2. The SMILES string of the molecule is C[P+](c1ccccc1)(c1ccccc1)c1ccccc1-c1ccc2ccc(C#N)cc2c1. The van der Waals surface area contributed by atoms with Crippen molar-refractivity contribution in [3.8, 4) is 17.2 Å². The Bertz CT molecular complexity index is 1390. The van der Waals surface area contributed by atoms with Gasteiger partial charge in [0.1, 0.15) is 23.2 Å². The molecule has 0 N–H and O–H groups in total. The lowest BCUT2D eigenvalue weighted by Crippen LogP contribution is -2.31. The third-order valence-electron chi connectivity index (χ3n) is 6.21. The van der Waals surface area contributed by atoms with E-state index in [1.165, 1.54) is 27.0 Å². The maximum Gasteiger partial charge on any atom is 0.112 e. The van der Waals surface area contributed by atoms with E-state index >= 15 is 0 Å². The van der Waals surface area contributed by atoms with Gasteiger partial charge in [0.25, 0.3) is 0 Å². The predicted octanol–water partition coefficient (Wildman–Crippen LogP) is 6.30. The molecule has 0 aliphatic carbocycles. The molecular formula is C30H23NP+. The molecule has 0 bridgehead atoms. The summed E-state index contributed by atoms with van der Waals surface area (Å²) in [4.78, 5) is 0. The molecule has 0 aliphatic rings. The van der Waals surface area contributed by atoms with Crippen LogP contribution in [0.5, 0.6) is 0 Å². The largest absolute Gasteiger partial charge is 0.192 e. The fraction of sp³-hybridized carbons (Fsp3) is 0.0333. The summed E-state index contributed by atoms with van der Waals surface area (Å²) < 4.78 is 0. The van der Waals surface area contributed by atoms with Crippen molar-refractivity contribution in [2.24, 2.45) is 0 Å². The molecule has 0 radical (unpaired) electrons. The fourth-order valence-corrected chi connectivity index (χ4v) is 7.93. The molecular weight excluding hydrogens is 405 g/mol. The van der Waals surface area contributed by atoms with Gasteiger partial charge < -0.3 is 0 Å². The molecule has 0 saturated carbocycles. The van der Waals surface area contributed by atoms with Crippen LogP contribution in [0.3, 0.4) is 0 Å². The van der Waals surface area contributed by atoms with E-state index in [4.69, 9.17) is 0 Å². The third kappa shape index (κ3) is 3.50. The van der Waals surface area contributed by atoms with Crippen molar-refractivity contribution >= 4 is 33.9 Å². The summed E-state index contributed by atoms with van der Waals surface area (Å²) in [5.74, 6) is 0. The standard InChI is InChI=1S/C30H23NP/c1-32(27-10-4-2-5-11-27,28-12-6-3-7-13-28)30-15-9-8-14-29(30)25-19-18-24-17-16-23(22-31)20-26(24)21-25/h2-21H,1H3/q+1. The smallest absolute Gasteiger partial charge is 0.112 e. The molecule has 5 rings (SSSR count). The van der Waals surface area contributed by atoms with Gasteiger partial charge in [-0.25, -0.2) is 0 Å². The minimum atomic E-state index is -1.86. The molecule has 5 aromatic rings. The first-order valence-corrected chi connectivity index (χ1v) is 13.0. The Hall–Kier alpha value is -3.72. The number of nitrogens with zero attached hydrogens (tertiary/aromatic N) is 1. The van der Waals surface area contributed by atoms with E-state index in [0.717, 1.165) is 10.8 Å². The molecule has 0 unspecified atom stereocenters. The molecule has 0 atom stereocenters. The van der Waals surface area contributed by atoms with Gasteiger partial charge in [-0.3, -0.25) is 0 Å². The van der Waals surface area contributed by atoms with Crippen molar-refractivity contribution in [1.82, 2.24) is 0 Å². The first-order valence-electron chi connectivity index (χ1n) is 10.7. The van der Waals surface area contributed by atoms with Crippen LogP contribution in [0.25, 0.3) is 21.9 Å². The van der Waals surface area contributed by atoms with Gasteiger partial charge in [-0.15, -0.1) is 0 Å². The zero-order valence-corrected chi connectivity index (χ0v) is 18.8. The summed E-state index contributed by atoms with van der Waals surface area (Å²) in [5, 5.41) is 15.7. The average molecular weight is 428 g/mol. The van der Waals surface area contributed by atoms with Crippen LogP contribution in [0.2, 0.25) is 0 Å². The van der Waals surface area contributed by atoms with Gasteiger partial charge in [0.15, 0.2) is 0 Å². The van der Waals surface area contributed by atoms with Gasteiger partial charge in [0.05, 0.1) is 18.3 Å². The predicted molar refractivity (Wildman–Crippen MR) is 139 cm³/mol. The summed E-state index contributed by atoms with van der Waals surface area (Å²) in [7, 11) is -1.86. The number of hydrogen-bond donors (Lipinski definition) is 0. The maximum atomic E-state index is 9.34. The monoisotopic (exact) mass is 428 g/mol. The number of fused-ring (bicyclic) bond motifs is 1. The second-order valence-electron chi connectivity index (χ2n) is 8.08. The van der Waals surface area contributed by atoms with Crippen LogP contribution in [-0.4, -0.2) is 6.66 Å². The quantitative estimate of drug-likeness (QED) is 0.308. The van der Waals surface area contributed by atoms with E-state index in [0.29, 0.717) is 5.56 Å². The second-order valence-corrected chi connectivity index (χ2v) is 11.6. The number of benzene rings is 5. The highest BCUT2D eigenvalue weighted by Crippen LogP contribution is 2.53. The van der Waals surface area contributed by atoms with E-state index in [1.807, 2.05) is 18.2 Å². The van der Waals surface area contributed by atoms with E-state index in [-0.39, 0.29) is 0 Å². The van der Waals surface area contributed by atoms with Gasteiger partial charge in [-0.2, -0.15) is 5.26 Å². The van der Waals surface area contributed by atoms with Gasteiger partial charge in [0, 0.05) is 5.56 Å². The Morgan fingerprint density at radius 3 is 1.84 bits per heavy atom. The fourth-order valence-electron chi connectivity index (χ4n) is 4.47. The zero-order valence-electron chi connectivity index (χ0n) is 17.9. The topological polar surface area (TPSA) is 23.8 Å². The van der Waals surface area contributed by atoms with Crippen LogP contribution in [-0.2, 0) is 0 Å². The summed E-state index contributed by atoms with van der Waals surface area (Å²) in [5.41, 5.74) is 3.12. The van der Waals surface area contributed by atoms with E-state index < -0.39 is 7.26 Å². The molecule has 2 heteroatoms. The second kappa shape index (κ2) is 8.43. The number of nitriles is 1. The third-order valence-corrected chi connectivity index (χ3v) is 10.2. The number of rotatable bonds is 4. The summed E-state index contributed by atoms with van der Waals surface area (Å²) in [6, 6.07) is 45.3. The molecule has 0 fully saturated rings. The molecule has 1 nitrogen and oxygen atoms in total. The molecule has 0 aromatic heterocycles. The Morgan fingerprint density at radius 1 is 0.594 bits per heavy atom. The molecule has 32 heavy (non-hydrogen) atoms. The molecule has 152 valence electrons. The highest BCUT2D eigenvalue weighted by molar-refractivity contribution is 7.95. The molecule has 0 heterocycles. The van der Waals surface area contributed by atoms with Crippen molar-refractivity contribution in [3.63, 3.8) is 0 Å². The minimum absolute atomic E-state index is 0.689. The van der Waals surface area contributed by atoms with Gasteiger partial charge in [-0.1, -0.05) is 72.8 Å². The number of hydrogen-bond acceptors (Lipinski definition) is 1.